The van der Waals surface area contributed by atoms with Crippen LogP contribution in [0.1, 0.15) is 118 Å². The second-order valence-corrected chi connectivity index (χ2v) is 17.2. The lowest BCUT2D eigenvalue weighted by Crippen LogP contribution is -2.79. The third-order valence-electron chi connectivity index (χ3n) is 16.7. The van der Waals surface area contributed by atoms with Crippen LogP contribution in [0, 0.1) is 55.7 Å². The largest absolute Gasteiger partial charge is 0.481 e. The summed E-state index contributed by atoms with van der Waals surface area (Å²) in [4.78, 5) is 12.6. The number of rotatable bonds is 1. The number of ether oxygens (including phenoxy) is 1. The van der Waals surface area contributed by atoms with Gasteiger partial charge in [-0.2, -0.15) is 0 Å². The first-order valence-electron chi connectivity index (χ1n) is 16.2. The molecule has 7 aliphatic carbocycles. The Morgan fingerprint density at radius 3 is 2.41 bits per heavy atom. The third kappa shape index (κ3) is 2.47. The van der Waals surface area contributed by atoms with Crippen LogP contribution in [0.5, 0.6) is 0 Å². The Bertz CT molecular complexity index is 1180. The van der Waals surface area contributed by atoms with Crippen molar-refractivity contribution in [2.45, 2.75) is 129 Å². The number of aliphatic hydroxyl groups is 2. The molecule has 6 saturated carbocycles. The molecule has 8 rings (SSSR count). The van der Waals surface area contributed by atoms with Crippen LogP contribution in [0.4, 0.5) is 0 Å². The molecule has 4 bridgehead atoms. The molecular formula is C34H50O5. The fourth-order valence-electron chi connectivity index (χ4n) is 14.8. The highest BCUT2D eigenvalue weighted by atomic mass is 16.6. The Balaban J connectivity index is 1.31. The van der Waals surface area contributed by atoms with Crippen LogP contribution in [-0.2, 0) is 9.53 Å². The van der Waals surface area contributed by atoms with Gasteiger partial charge in [-0.3, -0.25) is 4.79 Å². The molecule has 216 valence electrons. The standard InChI is InChI=1S/C34H50O5/c1-22-29-15-18-33-10-6-7-30(23-19-27(3,25(35)36)12-11-26(23,2)13-14-28(30,33)4)16-17-31(33)8-5-9-32(37,24(29)31)20-34(22,38)39-21-29/h5,9,22-24,37-38H,6-8,10-21H2,1-4H3,(H,35,36)/t22-,23-,24-,26-,27-,28+,29+,30+,31+,32-,33-,34+/m1/s1. The maximum atomic E-state index is 12.6. The zero-order valence-corrected chi connectivity index (χ0v) is 24.7. The number of fused-ring (bicyclic) bond motifs is 2. The monoisotopic (exact) mass is 538 g/mol. The van der Waals surface area contributed by atoms with E-state index in [9.17, 15) is 20.1 Å². The summed E-state index contributed by atoms with van der Waals surface area (Å²) in [6.07, 6.45) is 19.0. The predicted octanol–water partition coefficient (Wildman–Crippen LogP) is 6.47. The van der Waals surface area contributed by atoms with Crippen molar-refractivity contribution < 1.29 is 24.9 Å². The van der Waals surface area contributed by atoms with E-state index in [2.05, 4.69) is 32.9 Å². The van der Waals surface area contributed by atoms with E-state index in [0.29, 0.717) is 18.9 Å². The highest BCUT2D eigenvalue weighted by Crippen LogP contribution is 2.88. The fraction of sp³-hybridized carbons (Fsp3) is 0.912. The Kier molecular flexibility index (Phi) is 4.62. The maximum absolute atomic E-state index is 12.6. The van der Waals surface area contributed by atoms with Crippen molar-refractivity contribution in [3.8, 4) is 0 Å². The van der Waals surface area contributed by atoms with Crippen LogP contribution < -0.4 is 0 Å². The van der Waals surface area contributed by atoms with Crippen LogP contribution in [0.25, 0.3) is 0 Å². The van der Waals surface area contributed by atoms with Gasteiger partial charge in [0.15, 0.2) is 5.79 Å². The summed E-state index contributed by atoms with van der Waals surface area (Å²) in [5.74, 6) is -1.23. The minimum absolute atomic E-state index is 0.00915. The number of hydrogen-bond acceptors (Lipinski definition) is 4. The van der Waals surface area contributed by atoms with Crippen LogP contribution in [0.2, 0.25) is 0 Å². The van der Waals surface area contributed by atoms with E-state index in [1.807, 2.05) is 6.92 Å². The first kappa shape index (κ1) is 25.8. The van der Waals surface area contributed by atoms with E-state index >= 15 is 0 Å². The van der Waals surface area contributed by atoms with Crippen molar-refractivity contribution in [2.24, 2.45) is 55.7 Å². The van der Waals surface area contributed by atoms with E-state index < -0.39 is 22.8 Å². The predicted molar refractivity (Wildman–Crippen MR) is 147 cm³/mol. The summed E-state index contributed by atoms with van der Waals surface area (Å²) < 4.78 is 6.25. The molecule has 0 amide bonds. The van der Waals surface area contributed by atoms with Gasteiger partial charge >= 0.3 is 5.97 Å². The molecule has 0 aromatic heterocycles. The number of aliphatic carboxylic acids is 1. The molecule has 7 fully saturated rings. The highest BCUT2D eigenvalue weighted by molar-refractivity contribution is 5.74. The molecule has 3 N–H and O–H groups in total. The molecule has 39 heavy (non-hydrogen) atoms. The second kappa shape index (κ2) is 7.00. The average Bonchev–Trinajstić information content (AvgIpc) is 3.03. The van der Waals surface area contributed by atoms with E-state index in [1.54, 1.807) is 0 Å². The summed E-state index contributed by atoms with van der Waals surface area (Å²) in [7, 11) is 0. The van der Waals surface area contributed by atoms with E-state index in [4.69, 9.17) is 4.74 Å². The van der Waals surface area contributed by atoms with Crippen molar-refractivity contribution in [3.05, 3.63) is 12.2 Å². The highest BCUT2D eigenvalue weighted by Gasteiger charge is 2.84. The number of carboxylic acids is 1. The van der Waals surface area contributed by atoms with Crippen molar-refractivity contribution in [2.75, 3.05) is 6.61 Å². The summed E-state index contributed by atoms with van der Waals surface area (Å²) in [6.45, 7) is 9.97. The Labute approximate surface area is 234 Å². The van der Waals surface area contributed by atoms with Crippen LogP contribution >= 0.6 is 0 Å². The Morgan fingerprint density at radius 1 is 0.897 bits per heavy atom. The topological polar surface area (TPSA) is 87.0 Å². The zero-order valence-electron chi connectivity index (χ0n) is 24.7. The fourth-order valence-corrected chi connectivity index (χ4v) is 14.8. The van der Waals surface area contributed by atoms with E-state index in [1.165, 1.54) is 32.1 Å². The summed E-state index contributed by atoms with van der Waals surface area (Å²) in [5, 5.41) is 34.5. The van der Waals surface area contributed by atoms with E-state index in [-0.39, 0.29) is 44.3 Å². The average molecular weight is 539 g/mol. The summed E-state index contributed by atoms with van der Waals surface area (Å²) in [6, 6.07) is 0. The number of carboxylic acid groups (broad SMARTS) is 1. The van der Waals surface area contributed by atoms with Gasteiger partial charge in [-0.05, 0) is 117 Å². The molecule has 5 nitrogen and oxygen atoms in total. The zero-order chi connectivity index (χ0) is 27.5. The Hall–Kier alpha value is -0.910. The minimum atomic E-state index is -1.23. The van der Waals surface area contributed by atoms with Gasteiger partial charge in [0.25, 0.3) is 0 Å². The molecule has 1 saturated heterocycles. The van der Waals surface area contributed by atoms with E-state index in [0.717, 1.165) is 51.4 Å². The molecule has 0 aromatic rings. The minimum Gasteiger partial charge on any atom is -0.481 e. The SMILES string of the molecule is C[C@@H]1[C@]23CC[C@@]45CCC[C@]6(CC[C@]47CC=C[C@@](O)(C[C@]1(O)OC2)[C@H]37)[C@@H]1C[C@](C)(C(=O)O)CC[C@]1(C)CC[C@@]65C. The second-order valence-electron chi connectivity index (χ2n) is 17.2. The lowest BCUT2D eigenvalue weighted by Gasteiger charge is -2.83. The van der Waals surface area contributed by atoms with Crippen LogP contribution in [0.15, 0.2) is 12.2 Å². The van der Waals surface area contributed by atoms with Crippen LogP contribution in [-0.4, -0.2) is 39.3 Å². The van der Waals surface area contributed by atoms with Gasteiger partial charge in [0.1, 0.15) is 0 Å². The molecule has 5 heteroatoms. The van der Waals surface area contributed by atoms with Gasteiger partial charge in [0, 0.05) is 23.7 Å². The van der Waals surface area contributed by atoms with Gasteiger partial charge in [-0.15, -0.1) is 0 Å². The molecule has 1 aliphatic heterocycles. The van der Waals surface area contributed by atoms with Gasteiger partial charge < -0.3 is 20.1 Å². The van der Waals surface area contributed by atoms with Crippen molar-refractivity contribution in [1.29, 1.82) is 0 Å². The lowest BCUT2D eigenvalue weighted by atomic mass is 9.21. The molecule has 8 aliphatic rings. The lowest BCUT2D eigenvalue weighted by molar-refractivity contribution is -0.358. The van der Waals surface area contributed by atoms with Gasteiger partial charge in [0.05, 0.1) is 17.6 Å². The van der Waals surface area contributed by atoms with Crippen LogP contribution in [0.3, 0.4) is 0 Å². The first-order chi connectivity index (χ1) is 18.2. The summed E-state index contributed by atoms with van der Waals surface area (Å²) in [5.41, 5.74) is -1.12. The van der Waals surface area contributed by atoms with Gasteiger partial charge in [-0.1, -0.05) is 39.3 Å². The molecule has 0 aromatic carbocycles. The van der Waals surface area contributed by atoms with Crippen molar-refractivity contribution in [3.63, 3.8) is 0 Å². The summed E-state index contributed by atoms with van der Waals surface area (Å²) >= 11 is 0. The normalized spacial score (nSPS) is 64.3. The molecule has 0 radical (unpaired) electrons. The quantitative estimate of drug-likeness (QED) is 0.333. The third-order valence-corrected chi connectivity index (χ3v) is 16.7. The smallest absolute Gasteiger partial charge is 0.309 e. The number of allylic oxidation sites excluding steroid dienone is 1. The Morgan fingerprint density at radius 2 is 1.64 bits per heavy atom. The van der Waals surface area contributed by atoms with Crippen molar-refractivity contribution in [1.82, 2.24) is 0 Å². The molecule has 0 unspecified atom stereocenters. The molecular weight excluding hydrogens is 488 g/mol. The first-order valence-corrected chi connectivity index (χ1v) is 16.2. The maximum Gasteiger partial charge on any atom is 0.309 e. The van der Waals surface area contributed by atoms with Crippen molar-refractivity contribution >= 4 is 5.97 Å². The molecule has 3 spiro atoms. The molecule has 12 atom stereocenters. The van der Waals surface area contributed by atoms with Gasteiger partial charge in [-0.25, -0.2) is 0 Å². The number of hydrogen-bond donors (Lipinski definition) is 3. The number of carbonyl (C=O) groups is 1. The van der Waals surface area contributed by atoms with Gasteiger partial charge in [0.2, 0.25) is 0 Å². The molecule has 1 heterocycles.